The zero-order valence-corrected chi connectivity index (χ0v) is 13.5. The number of rotatable bonds is 3. The lowest BCUT2D eigenvalue weighted by Gasteiger charge is -2.17. The van der Waals surface area contributed by atoms with Crippen molar-refractivity contribution in [2.75, 3.05) is 7.05 Å². The molecule has 4 nitrogen and oxygen atoms in total. The Morgan fingerprint density at radius 1 is 1.00 bits per heavy atom. The minimum atomic E-state index is -0.0177. The number of carbonyl (C=O) groups is 2. The number of carbonyl (C=O) groups excluding carboxylic acids is 2. The maximum atomic E-state index is 11.7. The second-order valence-corrected chi connectivity index (χ2v) is 5.77. The molecule has 116 valence electrons. The van der Waals surface area contributed by atoms with E-state index >= 15 is 0 Å². The van der Waals surface area contributed by atoms with Crippen LogP contribution in [0.2, 0.25) is 0 Å². The van der Waals surface area contributed by atoms with Crippen LogP contribution in [0.3, 0.4) is 0 Å². The normalized spacial score (nSPS) is 10.9. The molecule has 3 aromatic rings. The Bertz CT molecular complexity index is 931. The number of ketones is 1. The topological polar surface area (TPSA) is 50.3 Å². The number of pyridine rings is 1. The summed E-state index contributed by atoms with van der Waals surface area (Å²) < 4.78 is 0. The molecule has 2 aromatic carbocycles. The quantitative estimate of drug-likeness (QED) is 0.549. The van der Waals surface area contributed by atoms with Crippen molar-refractivity contribution in [2.24, 2.45) is 0 Å². The van der Waals surface area contributed by atoms with Crippen LogP contribution < -0.4 is 0 Å². The molecule has 1 aromatic heterocycles. The van der Waals surface area contributed by atoms with Crippen LogP contribution >= 0.6 is 0 Å². The lowest BCUT2D eigenvalue weighted by molar-refractivity contribution is -0.128. The highest BCUT2D eigenvalue weighted by Crippen LogP contribution is 2.28. The number of aromatic nitrogens is 1. The first-order valence-corrected chi connectivity index (χ1v) is 7.51. The van der Waals surface area contributed by atoms with Crippen LogP contribution in [0.1, 0.15) is 29.9 Å². The van der Waals surface area contributed by atoms with E-state index in [1.165, 1.54) is 6.92 Å². The van der Waals surface area contributed by atoms with Crippen molar-refractivity contribution in [3.05, 3.63) is 53.7 Å². The average Bonchev–Trinajstić information content (AvgIpc) is 2.54. The molecule has 0 atom stereocenters. The summed E-state index contributed by atoms with van der Waals surface area (Å²) in [5.41, 5.74) is 2.35. The molecule has 1 amide bonds. The van der Waals surface area contributed by atoms with Crippen molar-refractivity contribution in [1.82, 2.24) is 9.88 Å². The van der Waals surface area contributed by atoms with E-state index < -0.39 is 0 Å². The third-order valence-corrected chi connectivity index (χ3v) is 4.11. The van der Waals surface area contributed by atoms with Crippen LogP contribution in [-0.4, -0.2) is 28.6 Å². The van der Waals surface area contributed by atoms with E-state index in [1.54, 1.807) is 18.9 Å². The van der Waals surface area contributed by atoms with Crippen LogP contribution in [0.15, 0.2) is 42.5 Å². The van der Waals surface area contributed by atoms with E-state index in [4.69, 9.17) is 4.98 Å². The van der Waals surface area contributed by atoms with Gasteiger partial charge in [-0.1, -0.05) is 30.3 Å². The second-order valence-electron chi connectivity index (χ2n) is 5.77. The zero-order chi connectivity index (χ0) is 16.6. The average molecular weight is 306 g/mol. The van der Waals surface area contributed by atoms with Crippen LogP contribution in [0.5, 0.6) is 0 Å². The molecule has 23 heavy (non-hydrogen) atoms. The monoisotopic (exact) mass is 306 g/mol. The van der Waals surface area contributed by atoms with Gasteiger partial charge < -0.3 is 4.90 Å². The third kappa shape index (κ3) is 2.80. The van der Waals surface area contributed by atoms with Gasteiger partial charge in [-0.2, -0.15) is 0 Å². The molecule has 1 heterocycles. The molecule has 4 heteroatoms. The predicted octanol–water partition coefficient (Wildman–Crippen LogP) is 3.57. The highest BCUT2D eigenvalue weighted by atomic mass is 16.2. The number of fused-ring (bicyclic) bond motifs is 3. The summed E-state index contributed by atoms with van der Waals surface area (Å²) in [5, 5.41) is 3.02. The smallest absolute Gasteiger partial charge is 0.219 e. The molecule has 0 saturated carbocycles. The fraction of sp³-hybridized carbons (Fsp3) is 0.211. The van der Waals surface area contributed by atoms with Gasteiger partial charge in [0.15, 0.2) is 5.78 Å². The number of para-hydroxylation sites is 1. The van der Waals surface area contributed by atoms with E-state index in [0.717, 1.165) is 27.4 Å². The van der Waals surface area contributed by atoms with Gasteiger partial charge in [0.2, 0.25) is 5.91 Å². The molecule has 3 rings (SSSR count). The summed E-state index contributed by atoms with van der Waals surface area (Å²) in [4.78, 5) is 29.6. The predicted molar refractivity (Wildman–Crippen MR) is 91.4 cm³/mol. The minimum Gasteiger partial charge on any atom is -0.340 e. The van der Waals surface area contributed by atoms with Crippen LogP contribution in [-0.2, 0) is 11.3 Å². The molecule has 0 saturated heterocycles. The highest BCUT2D eigenvalue weighted by Gasteiger charge is 2.13. The van der Waals surface area contributed by atoms with Crippen LogP contribution in [0.25, 0.3) is 21.7 Å². The summed E-state index contributed by atoms with van der Waals surface area (Å²) in [5.74, 6) is 0.00163. The van der Waals surface area contributed by atoms with Crippen molar-refractivity contribution < 1.29 is 9.59 Å². The van der Waals surface area contributed by atoms with Gasteiger partial charge >= 0.3 is 0 Å². The molecular formula is C19H18N2O2. The lowest BCUT2D eigenvalue weighted by atomic mass is 10.00. The van der Waals surface area contributed by atoms with E-state index in [1.807, 2.05) is 42.5 Å². The fourth-order valence-corrected chi connectivity index (χ4v) is 2.70. The Morgan fingerprint density at radius 3 is 2.43 bits per heavy atom. The van der Waals surface area contributed by atoms with Gasteiger partial charge in [0.1, 0.15) is 0 Å². The summed E-state index contributed by atoms with van der Waals surface area (Å²) in [6.45, 7) is 3.50. The Morgan fingerprint density at radius 2 is 1.74 bits per heavy atom. The molecule has 0 fully saturated rings. The number of benzene rings is 2. The fourth-order valence-electron chi connectivity index (χ4n) is 2.70. The number of Topliss-reactive ketones (excluding diaryl/α,β-unsaturated/α-hetero) is 1. The van der Waals surface area contributed by atoms with Gasteiger partial charge in [-0.15, -0.1) is 0 Å². The second kappa shape index (κ2) is 5.80. The summed E-state index contributed by atoms with van der Waals surface area (Å²) in [7, 11) is 1.75. The van der Waals surface area contributed by atoms with Crippen molar-refractivity contribution in [3.8, 4) is 0 Å². The van der Waals surface area contributed by atoms with Gasteiger partial charge in [0, 0.05) is 30.3 Å². The molecule has 0 aliphatic carbocycles. The first kappa shape index (κ1) is 15.2. The van der Waals surface area contributed by atoms with E-state index in [0.29, 0.717) is 12.1 Å². The molecule has 0 bridgehead atoms. The van der Waals surface area contributed by atoms with Gasteiger partial charge in [0.05, 0.1) is 17.8 Å². The summed E-state index contributed by atoms with van der Waals surface area (Å²) in [6, 6.07) is 13.6. The lowest BCUT2D eigenvalue weighted by Crippen LogP contribution is -2.23. The van der Waals surface area contributed by atoms with E-state index in [2.05, 4.69) is 0 Å². The van der Waals surface area contributed by atoms with Gasteiger partial charge in [0.25, 0.3) is 0 Å². The zero-order valence-electron chi connectivity index (χ0n) is 13.5. The van der Waals surface area contributed by atoms with Crippen LogP contribution in [0, 0.1) is 0 Å². The Balaban J connectivity index is 2.31. The Kier molecular flexibility index (Phi) is 3.82. The molecule has 0 aliphatic heterocycles. The number of hydrogen-bond acceptors (Lipinski definition) is 3. The largest absolute Gasteiger partial charge is 0.340 e. The van der Waals surface area contributed by atoms with Crippen molar-refractivity contribution in [1.29, 1.82) is 0 Å². The molecule has 0 aliphatic rings. The molecule has 0 N–H and O–H groups in total. The third-order valence-electron chi connectivity index (χ3n) is 4.11. The molecule has 0 radical (unpaired) electrons. The maximum Gasteiger partial charge on any atom is 0.219 e. The minimum absolute atomic E-state index is 0.0177. The number of nitrogens with zero attached hydrogens (tertiary/aromatic N) is 2. The number of amides is 1. The van der Waals surface area contributed by atoms with Crippen molar-refractivity contribution >= 4 is 33.4 Å². The first-order valence-electron chi connectivity index (χ1n) is 7.51. The van der Waals surface area contributed by atoms with Crippen LogP contribution in [0.4, 0.5) is 0 Å². The Hall–Kier alpha value is -2.75. The standard InChI is InChI=1S/C19H18N2O2/c1-12(22)14-8-9-15-16-6-4-5-7-18(16)20-19(17(15)10-14)11-21(3)13(2)23/h4-10H,11H2,1-3H3. The first-order chi connectivity index (χ1) is 11.0. The van der Waals surface area contributed by atoms with Crippen molar-refractivity contribution in [3.63, 3.8) is 0 Å². The van der Waals surface area contributed by atoms with E-state index in [-0.39, 0.29) is 11.7 Å². The highest BCUT2D eigenvalue weighted by molar-refractivity contribution is 6.09. The Labute approximate surface area is 134 Å². The van der Waals surface area contributed by atoms with Gasteiger partial charge in [-0.25, -0.2) is 0 Å². The molecule has 0 unspecified atom stereocenters. The SMILES string of the molecule is CC(=O)c1ccc2c(c1)c(CN(C)C(C)=O)nc1ccccc12. The maximum absolute atomic E-state index is 11.7. The summed E-state index contributed by atoms with van der Waals surface area (Å²) in [6.07, 6.45) is 0. The van der Waals surface area contributed by atoms with E-state index in [9.17, 15) is 9.59 Å². The summed E-state index contributed by atoms with van der Waals surface area (Å²) >= 11 is 0. The van der Waals surface area contributed by atoms with Gasteiger partial charge in [-0.3, -0.25) is 14.6 Å². The molecular weight excluding hydrogens is 288 g/mol. The molecule has 0 spiro atoms. The number of hydrogen-bond donors (Lipinski definition) is 0. The van der Waals surface area contributed by atoms with Crippen molar-refractivity contribution in [2.45, 2.75) is 20.4 Å². The van der Waals surface area contributed by atoms with Gasteiger partial charge in [-0.05, 0) is 24.4 Å².